The van der Waals surface area contributed by atoms with Crippen LogP contribution < -0.4 is 22.7 Å². The smallest absolute Gasteiger partial charge is 0.178 e. The lowest BCUT2D eigenvalue weighted by atomic mass is 10.3. The van der Waals surface area contributed by atoms with Gasteiger partial charge in [0.1, 0.15) is 11.6 Å². The fourth-order valence-corrected chi connectivity index (χ4v) is 1.37. The number of pyridine rings is 1. The lowest BCUT2D eigenvalue weighted by molar-refractivity contribution is -0.688. The minimum absolute atomic E-state index is 0. The van der Waals surface area contributed by atoms with Gasteiger partial charge in [-0.3, -0.25) is 0 Å². The van der Waals surface area contributed by atoms with E-state index in [0.29, 0.717) is 18.2 Å². The third-order valence-corrected chi connectivity index (χ3v) is 2.15. The average Bonchev–Trinajstić information content (AvgIpc) is 2.24. The monoisotopic (exact) mass is 236 g/mol. The molecule has 5 heteroatoms. The van der Waals surface area contributed by atoms with E-state index in [1.807, 2.05) is 42.1 Å². The fraction of sp³-hybridized carbons (Fsp3) is 0.182. The summed E-state index contributed by atoms with van der Waals surface area (Å²) in [5, 5.41) is 0. The molecular weight excluding hydrogens is 224 g/mol. The van der Waals surface area contributed by atoms with E-state index in [4.69, 9.17) is 5.73 Å². The molecule has 0 aromatic carbocycles. The zero-order chi connectivity index (χ0) is 10.7. The van der Waals surface area contributed by atoms with Gasteiger partial charge in [-0.1, -0.05) is 6.07 Å². The maximum atomic E-state index is 5.80. The van der Waals surface area contributed by atoms with Gasteiger partial charge < -0.3 is 18.1 Å². The predicted octanol–water partition coefficient (Wildman–Crippen LogP) is -2.29. The van der Waals surface area contributed by atoms with E-state index in [9.17, 15) is 0 Å². The summed E-state index contributed by atoms with van der Waals surface area (Å²) in [6.07, 6.45) is 5.75. The Hall–Kier alpha value is -1.68. The minimum Gasteiger partial charge on any atom is -1.00 e. The first-order valence-corrected chi connectivity index (χ1v) is 4.78. The summed E-state index contributed by atoms with van der Waals surface area (Å²) in [6, 6.07) is 5.93. The summed E-state index contributed by atoms with van der Waals surface area (Å²) in [6.45, 7) is 2.53. The van der Waals surface area contributed by atoms with E-state index >= 15 is 0 Å². The van der Waals surface area contributed by atoms with Crippen molar-refractivity contribution < 1.29 is 17.0 Å². The van der Waals surface area contributed by atoms with Gasteiger partial charge in [0.2, 0.25) is 0 Å². The summed E-state index contributed by atoms with van der Waals surface area (Å²) in [5.41, 5.74) is 6.75. The van der Waals surface area contributed by atoms with Crippen molar-refractivity contribution in [3.05, 3.63) is 48.2 Å². The number of rotatable bonds is 2. The number of nitrogens with zero attached hydrogens (tertiary/aromatic N) is 3. The molecule has 0 unspecified atom stereocenters. The van der Waals surface area contributed by atoms with Gasteiger partial charge in [-0.05, 0) is 6.92 Å². The maximum absolute atomic E-state index is 5.80. The largest absolute Gasteiger partial charge is 1.00 e. The molecule has 0 saturated carbocycles. The van der Waals surface area contributed by atoms with Crippen LogP contribution in [-0.2, 0) is 6.54 Å². The molecule has 16 heavy (non-hydrogen) atoms. The van der Waals surface area contributed by atoms with Crippen molar-refractivity contribution in [3.63, 3.8) is 0 Å². The number of hydrogen-bond acceptors (Lipinski definition) is 3. The van der Waals surface area contributed by atoms with E-state index in [1.54, 1.807) is 6.20 Å². The molecule has 0 amide bonds. The number of aryl methyl sites for hydroxylation is 1. The van der Waals surface area contributed by atoms with Crippen LogP contribution in [0.3, 0.4) is 0 Å². The Morgan fingerprint density at radius 3 is 2.56 bits per heavy atom. The van der Waals surface area contributed by atoms with Crippen LogP contribution in [0, 0.1) is 6.92 Å². The van der Waals surface area contributed by atoms with Crippen LogP contribution in [0.5, 0.6) is 0 Å². The van der Waals surface area contributed by atoms with E-state index in [1.165, 1.54) is 0 Å². The van der Waals surface area contributed by atoms with Gasteiger partial charge in [0.25, 0.3) is 0 Å². The van der Waals surface area contributed by atoms with Gasteiger partial charge in [-0.2, -0.15) is 0 Å². The highest BCUT2D eigenvalue weighted by atomic mass is 35.5. The molecule has 0 aliphatic carbocycles. The molecule has 2 N–H and O–H groups in total. The highest BCUT2D eigenvalue weighted by molar-refractivity contribution is 5.36. The van der Waals surface area contributed by atoms with Gasteiger partial charge in [-0.25, -0.2) is 14.5 Å². The first-order valence-electron chi connectivity index (χ1n) is 4.78. The number of halogens is 1. The molecule has 84 valence electrons. The molecule has 2 heterocycles. The molecule has 4 nitrogen and oxygen atoms in total. The Bertz CT molecular complexity index is 459. The highest BCUT2D eigenvalue weighted by Crippen LogP contribution is 2.05. The zero-order valence-electron chi connectivity index (χ0n) is 8.97. The van der Waals surface area contributed by atoms with Crippen molar-refractivity contribution in [3.8, 4) is 0 Å². The normalized spacial score (nSPS) is 9.56. The quantitative estimate of drug-likeness (QED) is 0.598. The molecule has 0 atom stereocenters. The standard InChI is InChI=1S/C11H13N4.ClH/c1-9-13-7-10(11(12)14-9)8-15-5-3-2-4-6-15;/h2-7H,8H2,1H3,(H2,12,13,14);1H/q+1;/p-1. The summed E-state index contributed by atoms with van der Waals surface area (Å²) in [5.74, 6) is 1.26. The van der Waals surface area contributed by atoms with E-state index in [-0.39, 0.29) is 12.4 Å². The number of nitrogens with two attached hydrogens (primary N) is 1. The van der Waals surface area contributed by atoms with Gasteiger partial charge >= 0.3 is 0 Å². The molecular formula is C11H13ClN4. The third kappa shape index (κ3) is 2.90. The molecule has 0 aliphatic rings. The molecule has 0 saturated heterocycles. The molecule has 0 aliphatic heterocycles. The maximum Gasteiger partial charge on any atom is 0.178 e. The van der Waals surface area contributed by atoms with Crippen LogP contribution in [0.25, 0.3) is 0 Å². The molecule has 0 fully saturated rings. The lowest BCUT2D eigenvalue weighted by Gasteiger charge is -2.01. The SMILES string of the molecule is Cc1ncc(C[n+]2ccccc2)c(N)n1.[Cl-]. The Morgan fingerprint density at radius 1 is 1.25 bits per heavy atom. The molecule has 0 radical (unpaired) electrons. The molecule has 2 rings (SSSR count). The van der Waals surface area contributed by atoms with Crippen LogP contribution in [0.1, 0.15) is 11.4 Å². The van der Waals surface area contributed by atoms with Crippen molar-refractivity contribution in [2.24, 2.45) is 0 Å². The van der Waals surface area contributed by atoms with Crippen LogP contribution in [0.4, 0.5) is 5.82 Å². The van der Waals surface area contributed by atoms with Crippen molar-refractivity contribution in [1.29, 1.82) is 0 Å². The topological polar surface area (TPSA) is 55.7 Å². The van der Waals surface area contributed by atoms with Crippen molar-refractivity contribution in [1.82, 2.24) is 9.97 Å². The Balaban J connectivity index is 0.00000128. The van der Waals surface area contributed by atoms with Crippen LogP contribution in [0.2, 0.25) is 0 Å². The number of hydrogen-bond donors (Lipinski definition) is 1. The summed E-state index contributed by atoms with van der Waals surface area (Å²) >= 11 is 0. The molecule has 0 bridgehead atoms. The highest BCUT2D eigenvalue weighted by Gasteiger charge is 2.06. The van der Waals surface area contributed by atoms with Crippen molar-refractivity contribution >= 4 is 5.82 Å². The third-order valence-electron chi connectivity index (χ3n) is 2.15. The Morgan fingerprint density at radius 2 is 1.94 bits per heavy atom. The second-order valence-electron chi connectivity index (χ2n) is 3.38. The number of aromatic nitrogens is 3. The average molecular weight is 237 g/mol. The molecule has 2 aromatic rings. The Kier molecular flexibility index (Phi) is 4.19. The minimum atomic E-state index is 0. The first kappa shape index (κ1) is 12.4. The lowest BCUT2D eigenvalue weighted by Crippen LogP contribution is -3.00. The second kappa shape index (κ2) is 5.42. The zero-order valence-corrected chi connectivity index (χ0v) is 9.72. The van der Waals surface area contributed by atoms with Gasteiger partial charge in [0.05, 0.1) is 5.56 Å². The summed E-state index contributed by atoms with van der Waals surface area (Å²) in [7, 11) is 0. The van der Waals surface area contributed by atoms with E-state index in [2.05, 4.69) is 9.97 Å². The number of anilines is 1. The summed E-state index contributed by atoms with van der Waals surface area (Å²) in [4.78, 5) is 8.25. The van der Waals surface area contributed by atoms with Crippen LogP contribution in [0.15, 0.2) is 36.8 Å². The van der Waals surface area contributed by atoms with E-state index < -0.39 is 0 Å². The van der Waals surface area contributed by atoms with Gasteiger partial charge in [0.15, 0.2) is 18.9 Å². The second-order valence-corrected chi connectivity index (χ2v) is 3.38. The van der Waals surface area contributed by atoms with Crippen molar-refractivity contribution in [2.75, 3.05) is 5.73 Å². The van der Waals surface area contributed by atoms with Crippen LogP contribution >= 0.6 is 0 Å². The predicted molar refractivity (Wildman–Crippen MR) is 56.9 cm³/mol. The Labute approximate surface area is 101 Å². The molecule has 2 aromatic heterocycles. The molecule has 0 spiro atoms. The van der Waals surface area contributed by atoms with Gasteiger partial charge in [-0.15, -0.1) is 0 Å². The van der Waals surface area contributed by atoms with E-state index in [0.717, 1.165) is 5.56 Å². The first-order chi connectivity index (χ1) is 7.25. The fourth-order valence-electron chi connectivity index (χ4n) is 1.37. The van der Waals surface area contributed by atoms with Crippen molar-refractivity contribution in [2.45, 2.75) is 13.5 Å². The van der Waals surface area contributed by atoms with Gasteiger partial charge in [0, 0.05) is 18.3 Å². The number of nitrogen functional groups attached to an aromatic ring is 1. The summed E-state index contributed by atoms with van der Waals surface area (Å²) < 4.78 is 2.03. The van der Waals surface area contributed by atoms with Crippen LogP contribution in [-0.4, -0.2) is 9.97 Å².